The summed E-state index contributed by atoms with van der Waals surface area (Å²) in [7, 11) is 0. The molecule has 0 bridgehead atoms. The third kappa shape index (κ3) is 3.51. The zero-order valence-corrected chi connectivity index (χ0v) is 15.6. The molecule has 0 spiro atoms. The van der Waals surface area contributed by atoms with Crippen molar-refractivity contribution in [1.82, 2.24) is 4.90 Å². The molecule has 1 fully saturated rings. The molecule has 138 valence electrons. The van der Waals surface area contributed by atoms with Gasteiger partial charge in [-0.3, -0.25) is 4.90 Å². The Balaban J connectivity index is 1.52. The lowest BCUT2D eigenvalue weighted by atomic mass is 9.82. The highest BCUT2D eigenvalue weighted by atomic mass is 16.5. The number of fused-ring (bicyclic) bond motifs is 3. The predicted octanol–water partition coefficient (Wildman–Crippen LogP) is 4.49. The number of morpholine rings is 1. The molecule has 0 saturated carbocycles. The van der Waals surface area contributed by atoms with Crippen LogP contribution in [-0.4, -0.2) is 35.2 Å². The number of benzene rings is 2. The molecule has 3 atom stereocenters. The lowest BCUT2D eigenvalue weighted by molar-refractivity contribution is -0.114. The molecule has 2 aromatic carbocycles. The van der Waals surface area contributed by atoms with Crippen LogP contribution in [0.1, 0.15) is 49.0 Å². The zero-order valence-electron chi connectivity index (χ0n) is 15.6. The summed E-state index contributed by atoms with van der Waals surface area (Å²) in [5.74, 6) is 0.348. The molecule has 3 nitrogen and oxygen atoms in total. The molecule has 1 N–H and O–H groups in total. The smallest absolute Gasteiger partial charge is 0.115 e. The van der Waals surface area contributed by atoms with Crippen molar-refractivity contribution in [2.75, 3.05) is 13.2 Å². The third-order valence-electron chi connectivity index (χ3n) is 5.95. The van der Waals surface area contributed by atoms with Crippen LogP contribution in [0.4, 0.5) is 0 Å². The first-order valence-electron chi connectivity index (χ1n) is 9.99. The van der Waals surface area contributed by atoms with Crippen LogP contribution >= 0.6 is 0 Å². The molecule has 1 saturated heterocycles. The van der Waals surface area contributed by atoms with Gasteiger partial charge in [-0.25, -0.2) is 0 Å². The number of phenols is 1. The summed E-state index contributed by atoms with van der Waals surface area (Å²) in [5.41, 5.74) is 3.94. The molecule has 1 aliphatic heterocycles. The largest absolute Gasteiger partial charge is 0.508 e. The number of ether oxygens (including phenoxy) is 1. The van der Waals surface area contributed by atoms with Crippen molar-refractivity contribution in [2.45, 2.75) is 57.2 Å². The van der Waals surface area contributed by atoms with Crippen LogP contribution in [-0.2, 0) is 17.6 Å². The molecule has 1 aliphatic carbocycles. The van der Waals surface area contributed by atoms with Crippen LogP contribution in [0.3, 0.4) is 0 Å². The maximum atomic E-state index is 9.94. The Morgan fingerprint density at radius 2 is 2.00 bits per heavy atom. The molecule has 3 unspecified atom stereocenters. The van der Waals surface area contributed by atoms with Crippen LogP contribution in [0.5, 0.6) is 5.75 Å². The minimum absolute atomic E-state index is 0.102. The van der Waals surface area contributed by atoms with E-state index in [2.05, 4.69) is 48.2 Å². The van der Waals surface area contributed by atoms with Crippen molar-refractivity contribution < 1.29 is 9.84 Å². The van der Waals surface area contributed by atoms with Crippen LogP contribution in [0.2, 0.25) is 0 Å². The molecule has 0 radical (unpaired) electrons. The summed E-state index contributed by atoms with van der Waals surface area (Å²) < 4.78 is 6.39. The topological polar surface area (TPSA) is 32.7 Å². The molecular formula is C23H29NO2. The fourth-order valence-electron chi connectivity index (χ4n) is 4.69. The fraction of sp³-hybridized carbons (Fsp3) is 0.478. The van der Waals surface area contributed by atoms with E-state index in [4.69, 9.17) is 4.74 Å². The number of hydrogen-bond acceptors (Lipinski definition) is 3. The Kier molecular flexibility index (Phi) is 5.28. The molecule has 0 aromatic heterocycles. The summed E-state index contributed by atoms with van der Waals surface area (Å²) in [6, 6.07) is 17.5. The van der Waals surface area contributed by atoms with Gasteiger partial charge in [0.25, 0.3) is 0 Å². The van der Waals surface area contributed by atoms with Gasteiger partial charge in [0.1, 0.15) is 5.75 Å². The van der Waals surface area contributed by atoms with Gasteiger partial charge in [-0.15, -0.1) is 0 Å². The molecule has 0 amide bonds. The third-order valence-corrected chi connectivity index (χ3v) is 5.95. The van der Waals surface area contributed by atoms with E-state index in [0.717, 1.165) is 45.3 Å². The summed E-state index contributed by atoms with van der Waals surface area (Å²) in [4.78, 5) is 2.70. The Labute approximate surface area is 156 Å². The second kappa shape index (κ2) is 7.81. The predicted molar refractivity (Wildman–Crippen MR) is 104 cm³/mol. The SMILES string of the molecule is CCCN1C(CCc2ccccc2)COC2c3cc(O)ccc3CCC21. The highest BCUT2D eigenvalue weighted by Crippen LogP contribution is 2.41. The average molecular weight is 351 g/mol. The normalized spacial score (nSPS) is 25.5. The average Bonchev–Trinajstić information content (AvgIpc) is 2.68. The van der Waals surface area contributed by atoms with Gasteiger partial charge in [0.05, 0.1) is 12.7 Å². The summed E-state index contributed by atoms with van der Waals surface area (Å²) >= 11 is 0. The standard InChI is InChI=1S/C23H29NO2/c1-2-14-24-19(11-8-17-6-4-3-5-7-17)16-26-23-21-15-20(25)12-9-18(21)10-13-22(23)24/h3-7,9,12,15,19,22-23,25H,2,8,10-11,13-14,16H2,1H3. The molecule has 1 heterocycles. The van der Waals surface area contributed by atoms with Crippen molar-refractivity contribution in [3.8, 4) is 5.75 Å². The number of nitrogens with zero attached hydrogens (tertiary/aromatic N) is 1. The van der Waals surface area contributed by atoms with Gasteiger partial charge in [-0.1, -0.05) is 43.3 Å². The number of aryl methyl sites for hydroxylation is 2. The highest BCUT2D eigenvalue weighted by molar-refractivity contribution is 5.39. The molecule has 3 heteroatoms. The van der Waals surface area contributed by atoms with Gasteiger partial charge in [-0.05, 0) is 67.5 Å². The summed E-state index contributed by atoms with van der Waals surface area (Å²) in [6.07, 6.45) is 5.73. The van der Waals surface area contributed by atoms with Crippen LogP contribution in [0.15, 0.2) is 48.5 Å². The van der Waals surface area contributed by atoms with Gasteiger partial charge in [-0.2, -0.15) is 0 Å². The van der Waals surface area contributed by atoms with Crippen LogP contribution in [0.25, 0.3) is 0 Å². The van der Waals surface area contributed by atoms with Crippen LogP contribution in [0, 0.1) is 0 Å². The number of aromatic hydroxyl groups is 1. The minimum Gasteiger partial charge on any atom is -0.508 e. The maximum Gasteiger partial charge on any atom is 0.115 e. The van der Waals surface area contributed by atoms with Gasteiger partial charge in [0.2, 0.25) is 0 Å². The Hall–Kier alpha value is -1.84. The van der Waals surface area contributed by atoms with E-state index in [9.17, 15) is 5.11 Å². The molecule has 2 aromatic rings. The summed E-state index contributed by atoms with van der Waals surface area (Å²) in [6.45, 7) is 4.17. The van der Waals surface area contributed by atoms with E-state index in [0.29, 0.717) is 17.8 Å². The molecular weight excluding hydrogens is 322 g/mol. The lowest BCUT2D eigenvalue weighted by Crippen LogP contribution is -2.55. The second-order valence-electron chi connectivity index (χ2n) is 7.66. The number of rotatable bonds is 5. The van der Waals surface area contributed by atoms with Crippen molar-refractivity contribution in [3.05, 3.63) is 65.2 Å². The van der Waals surface area contributed by atoms with Gasteiger partial charge in [0.15, 0.2) is 0 Å². The van der Waals surface area contributed by atoms with E-state index in [1.165, 1.54) is 16.7 Å². The second-order valence-corrected chi connectivity index (χ2v) is 7.66. The molecule has 2 aliphatic rings. The van der Waals surface area contributed by atoms with Crippen LogP contribution < -0.4 is 0 Å². The first-order chi connectivity index (χ1) is 12.8. The van der Waals surface area contributed by atoms with Crippen molar-refractivity contribution >= 4 is 0 Å². The van der Waals surface area contributed by atoms with Crippen molar-refractivity contribution in [1.29, 1.82) is 0 Å². The summed E-state index contributed by atoms with van der Waals surface area (Å²) in [5, 5.41) is 9.94. The lowest BCUT2D eigenvalue weighted by Gasteiger charge is -2.49. The fourth-order valence-corrected chi connectivity index (χ4v) is 4.69. The van der Waals surface area contributed by atoms with Crippen molar-refractivity contribution in [2.24, 2.45) is 0 Å². The first kappa shape index (κ1) is 17.6. The molecule has 26 heavy (non-hydrogen) atoms. The van der Waals surface area contributed by atoms with Gasteiger partial charge < -0.3 is 9.84 Å². The quantitative estimate of drug-likeness (QED) is 0.861. The van der Waals surface area contributed by atoms with E-state index >= 15 is 0 Å². The first-order valence-corrected chi connectivity index (χ1v) is 9.99. The number of hydrogen-bond donors (Lipinski definition) is 1. The Morgan fingerprint density at radius 1 is 1.15 bits per heavy atom. The number of phenolic OH excluding ortho intramolecular Hbond substituents is 1. The van der Waals surface area contributed by atoms with E-state index < -0.39 is 0 Å². The van der Waals surface area contributed by atoms with Crippen molar-refractivity contribution in [3.63, 3.8) is 0 Å². The van der Waals surface area contributed by atoms with Gasteiger partial charge >= 0.3 is 0 Å². The van der Waals surface area contributed by atoms with E-state index in [-0.39, 0.29) is 6.10 Å². The highest BCUT2D eigenvalue weighted by Gasteiger charge is 2.41. The molecule has 4 rings (SSSR count). The van der Waals surface area contributed by atoms with E-state index in [1.54, 1.807) is 6.07 Å². The van der Waals surface area contributed by atoms with Gasteiger partial charge in [0, 0.05) is 12.1 Å². The van der Waals surface area contributed by atoms with E-state index in [1.807, 2.05) is 6.07 Å². The Morgan fingerprint density at radius 3 is 2.81 bits per heavy atom. The monoisotopic (exact) mass is 351 g/mol. The zero-order chi connectivity index (χ0) is 17.9. The minimum atomic E-state index is 0.102. The maximum absolute atomic E-state index is 9.94. The Bertz CT molecular complexity index is 730.